The van der Waals surface area contributed by atoms with E-state index in [2.05, 4.69) is 65.5 Å². The molecule has 0 radical (unpaired) electrons. The largest absolute Gasteiger partial charge is 0.0993 e. The lowest BCUT2D eigenvalue weighted by Crippen LogP contribution is -2.11. The summed E-state index contributed by atoms with van der Waals surface area (Å²) in [7, 11) is 0. The first-order chi connectivity index (χ1) is 7.90. The van der Waals surface area contributed by atoms with Crippen molar-refractivity contribution in [3.63, 3.8) is 0 Å². The molecular formula is C17H26. The van der Waals surface area contributed by atoms with Crippen LogP contribution in [0.25, 0.3) is 0 Å². The molecule has 0 bridgehead atoms. The fourth-order valence-corrected chi connectivity index (χ4v) is 2.22. The SMILES string of the molecule is C=C(CC)C(CC)c1ccc(C(C)(C)C)cc1. The van der Waals surface area contributed by atoms with Crippen LogP contribution >= 0.6 is 0 Å². The molecule has 0 aliphatic heterocycles. The van der Waals surface area contributed by atoms with E-state index < -0.39 is 0 Å². The summed E-state index contributed by atoms with van der Waals surface area (Å²) >= 11 is 0. The van der Waals surface area contributed by atoms with E-state index in [4.69, 9.17) is 0 Å². The van der Waals surface area contributed by atoms with Gasteiger partial charge in [0.25, 0.3) is 0 Å². The molecule has 0 aliphatic rings. The van der Waals surface area contributed by atoms with Gasteiger partial charge in [0.1, 0.15) is 0 Å². The lowest BCUT2D eigenvalue weighted by atomic mass is 9.83. The standard InChI is InChI=1S/C17H26/c1-7-13(3)16(8-2)14-9-11-15(12-10-14)17(4,5)6/h9-12,16H,3,7-8H2,1-2,4-6H3. The van der Waals surface area contributed by atoms with E-state index in [-0.39, 0.29) is 5.41 Å². The van der Waals surface area contributed by atoms with Gasteiger partial charge in [-0.1, -0.05) is 71.0 Å². The zero-order valence-corrected chi connectivity index (χ0v) is 12.0. The summed E-state index contributed by atoms with van der Waals surface area (Å²) in [5.74, 6) is 0.522. The maximum atomic E-state index is 4.19. The van der Waals surface area contributed by atoms with Crippen molar-refractivity contribution in [3.05, 3.63) is 47.5 Å². The van der Waals surface area contributed by atoms with Gasteiger partial charge in [0.2, 0.25) is 0 Å². The van der Waals surface area contributed by atoms with E-state index in [1.165, 1.54) is 16.7 Å². The summed E-state index contributed by atoms with van der Waals surface area (Å²) in [4.78, 5) is 0. The lowest BCUT2D eigenvalue weighted by Gasteiger charge is -2.22. The summed E-state index contributed by atoms with van der Waals surface area (Å²) in [5.41, 5.74) is 4.39. The van der Waals surface area contributed by atoms with Crippen LogP contribution in [0.1, 0.15) is 64.5 Å². The highest BCUT2D eigenvalue weighted by molar-refractivity contribution is 5.33. The first-order valence-electron chi connectivity index (χ1n) is 6.68. The molecule has 1 aromatic rings. The highest BCUT2D eigenvalue weighted by atomic mass is 14.2. The molecule has 0 heterocycles. The van der Waals surface area contributed by atoms with Crippen molar-refractivity contribution in [3.8, 4) is 0 Å². The Kier molecular flexibility index (Phi) is 4.56. The third kappa shape index (κ3) is 3.46. The van der Waals surface area contributed by atoms with Crippen molar-refractivity contribution in [2.24, 2.45) is 0 Å². The summed E-state index contributed by atoms with van der Waals surface area (Å²) in [6.45, 7) is 15.4. The Hall–Kier alpha value is -1.04. The quantitative estimate of drug-likeness (QED) is 0.604. The maximum Gasteiger partial charge on any atom is 0.00427 e. The molecule has 0 heteroatoms. The smallest absolute Gasteiger partial charge is 0.00427 e. The fraction of sp³-hybridized carbons (Fsp3) is 0.529. The minimum atomic E-state index is 0.238. The average molecular weight is 230 g/mol. The predicted molar refractivity (Wildman–Crippen MR) is 77.6 cm³/mol. The molecule has 0 fully saturated rings. The van der Waals surface area contributed by atoms with Crippen molar-refractivity contribution in [1.29, 1.82) is 0 Å². The monoisotopic (exact) mass is 230 g/mol. The third-order valence-corrected chi connectivity index (χ3v) is 3.53. The van der Waals surface area contributed by atoms with Crippen molar-refractivity contribution >= 4 is 0 Å². The molecule has 0 saturated heterocycles. The number of rotatable bonds is 4. The number of benzene rings is 1. The molecular weight excluding hydrogens is 204 g/mol. The lowest BCUT2D eigenvalue weighted by molar-refractivity contribution is 0.589. The zero-order chi connectivity index (χ0) is 13.1. The normalized spacial score (nSPS) is 13.5. The Balaban J connectivity index is 2.97. The molecule has 1 unspecified atom stereocenters. The van der Waals surface area contributed by atoms with E-state index in [1.54, 1.807) is 0 Å². The molecule has 0 nitrogen and oxygen atoms in total. The first-order valence-corrected chi connectivity index (χ1v) is 6.68. The molecule has 94 valence electrons. The zero-order valence-electron chi connectivity index (χ0n) is 12.0. The van der Waals surface area contributed by atoms with Crippen LogP contribution < -0.4 is 0 Å². The minimum absolute atomic E-state index is 0.238. The maximum absolute atomic E-state index is 4.19. The third-order valence-electron chi connectivity index (χ3n) is 3.53. The van der Waals surface area contributed by atoms with E-state index in [9.17, 15) is 0 Å². The van der Waals surface area contributed by atoms with E-state index in [0.717, 1.165) is 12.8 Å². The van der Waals surface area contributed by atoms with Gasteiger partial charge in [-0.05, 0) is 29.4 Å². The molecule has 0 aromatic heterocycles. The van der Waals surface area contributed by atoms with E-state index in [0.29, 0.717) is 5.92 Å². The van der Waals surface area contributed by atoms with Crippen LogP contribution in [0.2, 0.25) is 0 Å². The Morgan fingerprint density at radius 1 is 1.12 bits per heavy atom. The molecule has 0 N–H and O–H groups in total. The number of allylic oxidation sites excluding steroid dienone is 1. The Morgan fingerprint density at radius 3 is 2.00 bits per heavy atom. The predicted octanol–water partition coefficient (Wildman–Crippen LogP) is 5.44. The molecule has 1 aromatic carbocycles. The van der Waals surface area contributed by atoms with Crippen molar-refractivity contribution in [2.75, 3.05) is 0 Å². The van der Waals surface area contributed by atoms with Gasteiger partial charge in [-0.2, -0.15) is 0 Å². The van der Waals surface area contributed by atoms with Gasteiger partial charge in [-0.3, -0.25) is 0 Å². The van der Waals surface area contributed by atoms with Gasteiger partial charge >= 0.3 is 0 Å². The van der Waals surface area contributed by atoms with Crippen LogP contribution in [-0.2, 0) is 5.41 Å². The second kappa shape index (κ2) is 5.53. The van der Waals surface area contributed by atoms with Gasteiger partial charge in [-0.15, -0.1) is 0 Å². The second-order valence-electron chi connectivity index (χ2n) is 5.84. The average Bonchev–Trinajstić information content (AvgIpc) is 2.29. The van der Waals surface area contributed by atoms with E-state index in [1.807, 2.05) is 0 Å². The fourth-order valence-electron chi connectivity index (χ4n) is 2.22. The van der Waals surface area contributed by atoms with Crippen molar-refractivity contribution in [2.45, 2.75) is 58.8 Å². The van der Waals surface area contributed by atoms with Crippen LogP contribution in [-0.4, -0.2) is 0 Å². The van der Waals surface area contributed by atoms with Crippen LogP contribution in [0.3, 0.4) is 0 Å². The topological polar surface area (TPSA) is 0 Å². The van der Waals surface area contributed by atoms with Gasteiger partial charge in [0, 0.05) is 5.92 Å². The number of hydrogen-bond acceptors (Lipinski definition) is 0. The van der Waals surface area contributed by atoms with Crippen LogP contribution in [0.4, 0.5) is 0 Å². The molecule has 0 amide bonds. The van der Waals surface area contributed by atoms with Gasteiger partial charge in [-0.25, -0.2) is 0 Å². The highest BCUT2D eigenvalue weighted by Gasteiger charge is 2.15. The second-order valence-corrected chi connectivity index (χ2v) is 5.84. The summed E-state index contributed by atoms with van der Waals surface area (Å²) in [5, 5.41) is 0. The van der Waals surface area contributed by atoms with Gasteiger partial charge in [0.05, 0.1) is 0 Å². The van der Waals surface area contributed by atoms with Crippen molar-refractivity contribution < 1.29 is 0 Å². The highest BCUT2D eigenvalue weighted by Crippen LogP contribution is 2.30. The van der Waals surface area contributed by atoms with Crippen LogP contribution in [0.5, 0.6) is 0 Å². The first kappa shape index (κ1) is 14.0. The van der Waals surface area contributed by atoms with Crippen molar-refractivity contribution in [1.82, 2.24) is 0 Å². The molecule has 0 spiro atoms. The molecule has 1 atom stereocenters. The summed E-state index contributed by atoms with van der Waals surface area (Å²) < 4.78 is 0. The summed E-state index contributed by atoms with van der Waals surface area (Å²) in [6, 6.07) is 9.08. The molecule has 0 aliphatic carbocycles. The Bertz CT molecular complexity index is 362. The molecule has 17 heavy (non-hydrogen) atoms. The Labute approximate surface area is 107 Å². The van der Waals surface area contributed by atoms with Crippen LogP contribution in [0, 0.1) is 0 Å². The minimum Gasteiger partial charge on any atom is -0.0993 e. The van der Waals surface area contributed by atoms with Gasteiger partial charge < -0.3 is 0 Å². The Morgan fingerprint density at radius 2 is 1.65 bits per heavy atom. The van der Waals surface area contributed by atoms with Gasteiger partial charge in [0.15, 0.2) is 0 Å². The molecule has 1 rings (SSSR count). The summed E-state index contributed by atoms with van der Waals surface area (Å²) in [6.07, 6.45) is 2.21. The number of hydrogen-bond donors (Lipinski definition) is 0. The van der Waals surface area contributed by atoms with E-state index >= 15 is 0 Å². The van der Waals surface area contributed by atoms with Crippen LogP contribution in [0.15, 0.2) is 36.4 Å². The molecule has 0 saturated carbocycles.